The maximum absolute atomic E-state index is 5.98. The minimum absolute atomic E-state index is 0.401. The molecule has 1 atom stereocenters. The molecule has 0 fully saturated rings. The lowest BCUT2D eigenvalue weighted by Gasteiger charge is -2.09. The molecule has 1 aromatic heterocycles. The van der Waals surface area contributed by atoms with Crippen molar-refractivity contribution in [1.82, 2.24) is 5.32 Å². The molecule has 1 aromatic rings. The fourth-order valence-electron chi connectivity index (χ4n) is 0.968. The van der Waals surface area contributed by atoms with Crippen LogP contribution in [-0.2, 0) is 0 Å². The van der Waals surface area contributed by atoms with Crippen LogP contribution < -0.4 is 5.32 Å². The van der Waals surface area contributed by atoms with Crippen LogP contribution in [-0.4, -0.2) is 13.1 Å². The second-order valence-electron chi connectivity index (χ2n) is 3.03. The first-order valence-electron chi connectivity index (χ1n) is 4.23. The lowest BCUT2D eigenvalue weighted by atomic mass is 10.1. The first-order valence-corrected chi connectivity index (χ1v) is 5.49. The summed E-state index contributed by atoms with van der Waals surface area (Å²) in [7, 11) is 1.96. The number of nitrogens with one attached hydrogen (secondary N) is 1. The van der Waals surface area contributed by atoms with Crippen molar-refractivity contribution in [2.24, 2.45) is 0 Å². The first kappa shape index (κ1) is 10.8. The third-order valence-corrected chi connectivity index (χ3v) is 3.43. The van der Waals surface area contributed by atoms with Crippen LogP contribution >= 0.6 is 22.9 Å². The van der Waals surface area contributed by atoms with Crippen molar-refractivity contribution < 1.29 is 0 Å². The van der Waals surface area contributed by atoms with Crippen molar-refractivity contribution in [2.45, 2.75) is 19.9 Å². The molecular weight excluding hydrogens is 202 g/mol. The average molecular weight is 216 g/mol. The van der Waals surface area contributed by atoms with Gasteiger partial charge >= 0.3 is 0 Å². The fraction of sp³-hybridized carbons (Fsp3) is 0.400. The molecule has 1 nitrogen and oxygen atoms in total. The van der Waals surface area contributed by atoms with Gasteiger partial charge in [0.1, 0.15) is 0 Å². The minimum atomic E-state index is 0.401. The van der Waals surface area contributed by atoms with E-state index in [1.54, 1.807) is 11.3 Å². The smallest absolute Gasteiger partial charge is 0.0586 e. The number of hydrogen-bond acceptors (Lipinski definition) is 2. The Hall–Kier alpha value is -0.310. The van der Waals surface area contributed by atoms with Crippen molar-refractivity contribution in [1.29, 1.82) is 0 Å². The van der Waals surface area contributed by atoms with E-state index >= 15 is 0 Å². The Labute approximate surface area is 88.4 Å². The van der Waals surface area contributed by atoms with Crippen molar-refractivity contribution in [3.8, 4) is 0 Å². The molecule has 1 heterocycles. The summed E-state index contributed by atoms with van der Waals surface area (Å²) in [5.41, 5.74) is 1.30. The molecule has 0 saturated carbocycles. The van der Waals surface area contributed by atoms with Crippen LogP contribution in [0.3, 0.4) is 0 Å². The van der Waals surface area contributed by atoms with Crippen molar-refractivity contribution in [3.05, 3.63) is 26.9 Å². The van der Waals surface area contributed by atoms with Gasteiger partial charge in [-0.15, -0.1) is 11.3 Å². The van der Waals surface area contributed by atoms with Crippen molar-refractivity contribution in [3.63, 3.8) is 0 Å². The highest BCUT2D eigenvalue weighted by molar-refractivity contribution is 7.11. The molecule has 0 radical (unpaired) electrons. The number of likely N-dealkylation sites (N-methyl/N-ethyl adjacent to an activating group) is 1. The van der Waals surface area contributed by atoms with Crippen LogP contribution in [0.15, 0.2) is 17.0 Å². The Kier molecular flexibility index (Phi) is 3.97. The molecular formula is C10H14ClNS. The van der Waals surface area contributed by atoms with E-state index < -0.39 is 0 Å². The van der Waals surface area contributed by atoms with Crippen LogP contribution in [0.4, 0.5) is 0 Å². The summed E-state index contributed by atoms with van der Waals surface area (Å²) in [5.74, 6) is 0. The van der Waals surface area contributed by atoms with Crippen LogP contribution in [0.2, 0.25) is 5.02 Å². The summed E-state index contributed by atoms with van der Waals surface area (Å²) < 4.78 is 0. The van der Waals surface area contributed by atoms with Crippen molar-refractivity contribution >= 4 is 29.0 Å². The summed E-state index contributed by atoms with van der Waals surface area (Å²) in [6, 6.07) is 2.33. The largest absolute Gasteiger partial charge is 0.314 e. The summed E-state index contributed by atoms with van der Waals surface area (Å²) in [6.45, 7) is 4.24. The molecule has 0 amide bonds. The quantitative estimate of drug-likeness (QED) is 0.815. The highest BCUT2D eigenvalue weighted by Crippen LogP contribution is 2.25. The normalized spacial score (nSPS) is 14.6. The Morgan fingerprint density at radius 1 is 1.69 bits per heavy atom. The van der Waals surface area contributed by atoms with E-state index in [0.29, 0.717) is 6.04 Å². The molecule has 0 aromatic carbocycles. The molecule has 1 N–H and O–H groups in total. The van der Waals surface area contributed by atoms with E-state index in [4.69, 9.17) is 11.6 Å². The highest BCUT2D eigenvalue weighted by Gasteiger charge is 2.03. The second-order valence-corrected chi connectivity index (χ2v) is 4.39. The molecule has 0 aliphatic heterocycles. The lowest BCUT2D eigenvalue weighted by Crippen LogP contribution is -2.21. The van der Waals surface area contributed by atoms with Gasteiger partial charge in [0.2, 0.25) is 0 Å². The highest BCUT2D eigenvalue weighted by atomic mass is 35.5. The predicted molar refractivity (Wildman–Crippen MR) is 61.5 cm³/mol. The molecule has 13 heavy (non-hydrogen) atoms. The molecule has 3 heteroatoms. The number of hydrogen-bond donors (Lipinski definition) is 1. The zero-order valence-corrected chi connectivity index (χ0v) is 9.67. The summed E-state index contributed by atoms with van der Waals surface area (Å²) in [4.78, 5) is 1.14. The van der Waals surface area contributed by atoms with Gasteiger partial charge in [-0.1, -0.05) is 17.2 Å². The molecule has 0 spiro atoms. The molecule has 1 rings (SSSR count). The predicted octanol–water partition coefficient (Wildman–Crippen LogP) is 3.41. The monoisotopic (exact) mass is 215 g/mol. The number of rotatable bonds is 3. The SMILES string of the molecule is CNC(C)/C(C)=C/c1sccc1Cl. The van der Waals surface area contributed by atoms with Gasteiger partial charge in [-0.2, -0.15) is 0 Å². The molecule has 1 unspecified atom stereocenters. The van der Waals surface area contributed by atoms with Gasteiger partial charge in [0.25, 0.3) is 0 Å². The number of thiophene rings is 1. The van der Waals surface area contributed by atoms with Crippen molar-refractivity contribution in [2.75, 3.05) is 7.05 Å². The fourth-order valence-corrected chi connectivity index (χ4v) is 2.08. The van der Waals surface area contributed by atoms with E-state index in [-0.39, 0.29) is 0 Å². The summed E-state index contributed by atoms with van der Waals surface area (Å²) >= 11 is 7.65. The summed E-state index contributed by atoms with van der Waals surface area (Å²) in [5, 5.41) is 6.04. The van der Waals surface area contributed by atoms with Gasteiger partial charge in [0.05, 0.1) is 5.02 Å². The molecule has 72 valence electrons. The Balaban J connectivity index is 2.82. The van der Waals surface area contributed by atoms with Crippen LogP contribution in [0.1, 0.15) is 18.7 Å². The zero-order valence-electron chi connectivity index (χ0n) is 8.10. The first-order chi connectivity index (χ1) is 6.15. The van der Waals surface area contributed by atoms with E-state index in [9.17, 15) is 0 Å². The van der Waals surface area contributed by atoms with E-state index in [1.807, 2.05) is 18.5 Å². The number of halogens is 1. The third kappa shape index (κ3) is 2.83. The van der Waals surface area contributed by atoms with Gasteiger partial charge in [0, 0.05) is 10.9 Å². The van der Waals surface area contributed by atoms with Gasteiger partial charge in [-0.25, -0.2) is 0 Å². The van der Waals surface area contributed by atoms with Gasteiger partial charge in [-0.05, 0) is 38.4 Å². The maximum atomic E-state index is 5.98. The van der Waals surface area contributed by atoms with Gasteiger partial charge in [0.15, 0.2) is 0 Å². The van der Waals surface area contributed by atoms with Gasteiger partial charge < -0.3 is 5.32 Å². The Morgan fingerprint density at radius 2 is 2.38 bits per heavy atom. The lowest BCUT2D eigenvalue weighted by molar-refractivity contribution is 0.696. The summed E-state index contributed by atoms with van der Waals surface area (Å²) in [6.07, 6.45) is 2.13. The topological polar surface area (TPSA) is 12.0 Å². The molecule has 0 saturated heterocycles. The Bertz CT molecular complexity index is 304. The maximum Gasteiger partial charge on any atom is 0.0586 e. The third-order valence-electron chi connectivity index (χ3n) is 2.12. The second kappa shape index (κ2) is 4.80. The van der Waals surface area contributed by atoms with E-state index in [0.717, 1.165) is 9.90 Å². The van der Waals surface area contributed by atoms with Crippen LogP contribution in [0, 0.1) is 0 Å². The molecule has 0 aliphatic rings. The Morgan fingerprint density at radius 3 is 2.85 bits per heavy atom. The van der Waals surface area contributed by atoms with Crippen LogP contribution in [0.5, 0.6) is 0 Å². The minimum Gasteiger partial charge on any atom is -0.314 e. The molecule has 0 aliphatic carbocycles. The van der Waals surface area contributed by atoms with Crippen LogP contribution in [0.25, 0.3) is 6.08 Å². The zero-order chi connectivity index (χ0) is 9.84. The van der Waals surface area contributed by atoms with Gasteiger partial charge in [-0.3, -0.25) is 0 Å². The standard InChI is InChI=1S/C10H14ClNS/c1-7(8(2)12-3)6-10-9(11)4-5-13-10/h4-6,8,12H,1-3H3/b7-6+. The van der Waals surface area contributed by atoms with E-state index in [1.165, 1.54) is 5.57 Å². The average Bonchev–Trinajstić information content (AvgIpc) is 2.50. The van der Waals surface area contributed by atoms with E-state index in [2.05, 4.69) is 25.2 Å². The molecule has 0 bridgehead atoms.